The summed E-state index contributed by atoms with van der Waals surface area (Å²) < 4.78 is 0. The first-order valence-electron chi connectivity index (χ1n) is 7.11. The fourth-order valence-corrected chi connectivity index (χ4v) is 2.95. The van der Waals surface area contributed by atoms with Gasteiger partial charge in [0, 0.05) is 25.2 Å². The van der Waals surface area contributed by atoms with Gasteiger partial charge < -0.3 is 21.1 Å². The van der Waals surface area contributed by atoms with Crippen molar-refractivity contribution in [3.8, 4) is 0 Å². The third-order valence-corrected chi connectivity index (χ3v) is 4.19. The number of hydrogen-bond donors (Lipinski definition) is 3. The predicted molar refractivity (Wildman–Crippen MR) is 70.7 cm³/mol. The first kappa shape index (κ1) is 14.1. The van der Waals surface area contributed by atoms with Crippen LogP contribution < -0.4 is 11.1 Å². The molecule has 2 unspecified atom stereocenters. The van der Waals surface area contributed by atoms with Crippen LogP contribution in [0.25, 0.3) is 0 Å². The topological polar surface area (TPSA) is 95.7 Å². The molecule has 1 heterocycles. The zero-order valence-corrected chi connectivity index (χ0v) is 11.2. The van der Waals surface area contributed by atoms with Gasteiger partial charge in [0.25, 0.3) is 0 Å². The number of likely N-dealkylation sites (tertiary alicyclic amines) is 1. The number of aliphatic carboxylic acids is 1. The molecule has 0 bridgehead atoms. The molecule has 0 aromatic heterocycles. The number of nitrogens with zero attached hydrogens (tertiary/aromatic N) is 1. The van der Waals surface area contributed by atoms with Crippen LogP contribution in [-0.2, 0) is 4.79 Å². The second-order valence-electron chi connectivity index (χ2n) is 5.63. The normalized spacial score (nSPS) is 31.8. The minimum Gasteiger partial charge on any atom is -0.481 e. The lowest BCUT2D eigenvalue weighted by molar-refractivity contribution is -0.143. The van der Waals surface area contributed by atoms with Crippen molar-refractivity contribution in [2.75, 3.05) is 13.1 Å². The number of hydrogen-bond acceptors (Lipinski definition) is 3. The fourth-order valence-electron chi connectivity index (χ4n) is 2.95. The minimum atomic E-state index is -0.813. The maximum atomic E-state index is 12.1. The van der Waals surface area contributed by atoms with Crippen LogP contribution in [0.3, 0.4) is 0 Å². The Morgan fingerprint density at radius 3 is 2.58 bits per heavy atom. The molecule has 1 aliphatic heterocycles. The van der Waals surface area contributed by atoms with Crippen LogP contribution in [0.1, 0.15) is 38.5 Å². The van der Waals surface area contributed by atoms with E-state index in [9.17, 15) is 9.59 Å². The molecule has 3 atom stereocenters. The lowest BCUT2D eigenvalue weighted by Crippen LogP contribution is -2.55. The van der Waals surface area contributed by atoms with E-state index < -0.39 is 11.9 Å². The maximum Gasteiger partial charge on any atom is 0.317 e. The van der Waals surface area contributed by atoms with Gasteiger partial charge in [-0.25, -0.2) is 4.79 Å². The summed E-state index contributed by atoms with van der Waals surface area (Å²) in [5, 5.41) is 12.0. The number of nitrogens with one attached hydrogen (secondary N) is 1. The number of nitrogens with two attached hydrogens (primary N) is 1. The zero-order chi connectivity index (χ0) is 13.8. The van der Waals surface area contributed by atoms with Gasteiger partial charge in [0.15, 0.2) is 0 Å². The fraction of sp³-hybridized carbons (Fsp3) is 0.846. The number of rotatable bonds is 2. The van der Waals surface area contributed by atoms with Gasteiger partial charge in [-0.1, -0.05) is 12.8 Å². The van der Waals surface area contributed by atoms with Crippen LogP contribution in [0.5, 0.6) is 0 Å². The van der Waals surface area contributed by atoms with E-state index in [2.05, 4.69) is 5.32 Å². The van der Waals surface area contributed by atoms with Crippen LogP contribution in [0.4, 0.5) is 4.79 Å². The van der Waals surface area contributed by atoms with E-state index in [-0.39, 0.29) is 18.1 Å². The number of urea groups is 1. The van der Waals surface area contributed by atoms with E-state index >= 15 is 0 Å². The first-order valence-corrected chi connectivity index (χ1v) is 7.11. The van der Waals surface area contributed by atoms with Crippen LogP contribution >= 0.6 is 0 Å². The van der Waals surface area contributed by atoms with Crippen molar-refractivity contribution in [2.45, 2.75) is 50.6 Å². The van der Waals surface area contributed by atoms with Crippen molar-refractivity contribution < 1.29 is 14.7 Å². The van der Waals surface area contributed by atoms with Crippen molar-refractivity contribution >= 4 is 12.0 Å². The van der Waals surface area contributed by atoms with Crippen LogP contribution in [0.2, 0.25) is 0 Å². The Kier molecular flexibility index (Phi) is 4.63. The second kappa shape index (κ2) is 6.23. The van der Waals surface area contributed by atoms with E-state index in [4.69, 9.17) is 10.8 Å². The Balaban J connectivity index is 1.86. The third kappa shape index (κ3) is 3.59. The second-order valence-corrected chi connectivity index (χ2v) is 5.63. The number of amides is 2. The third-order valence-electron chi connectivity index (χ3n) is 4.19. The summed E-state index contributed by atoms with van der Waals surface area (Å²) in [5.41, 5.74) is 6.00. The number of carboxylic acids is 1. The summed E-state index contributed by atoms with van der Waals surface area (Å²) in [6.45, 7) is 0.945. The molecule has 19 heavy (non-hydrogen) atoms. The Bertz CT molecular complexity index is 348. The minimum absolute atomic E-state index is 0.0257. The van der Waals surface area contributed by atoms with Crippen molar-refractivity contribution in [1.29, 1.82) is 0 Å². The molecule has 2 rings (SSSR count). The first-order chi connectivity index (χ1) is 9.08. The van der Waals surface area contributed by atoms with Gasteiger partial charge >= 0.3 is 12.0 Å². The smallest absolute Gasteiger partial charge is 0.317 e. The molecule has 2 fully saturated rings. The Morgan fingerprint density at radius 2 is 1.89 bits per heavy atom. The number of carbonyl (C=O) groups is 2. The lowest BCUT2D eigenvalue weighted by Gasteiger charge is -2.35. The van der Waals surface area contributed by atoms with E-state index in [0.717, 1.165) is 32.1 Å². The SMILES string of the molecule is NC1CCCCC1NC(=O)N1CCC[C@@H](C(=O)O)C1. The molecular weight excluding hydrogens is 246 g/mol. The molecule has 0 aromatic rings. The zero-order valence-electron chi connectivity index (χ0n) is 11.2. The molecule has 108 valence electrons. The highest BCUT2D eigenvalue weighted by molar-refractivity contribution is 5.76. The summed E-state index contributed by atoms with van der Waals surface area (Å²) in [6, 6.07) is -0.0995. The van der Waals surface area contributed by atoms with Crippen LogP contribution in [-0.4, -0.2) is 47.2 Å². The van der Waals surface area contributed by atoms with Crippen molar-refractivity contribution in [3.63, 3.8) is 0 Å². The van der Waals surface area contributed by atoms with Gasteiger partial charge in [0.2, 0.25) is 0 Å². The van der Waals surface area contributed by atoms with Crippen molar-refractivity contribution in [3.05, 3.63) is 0 Å². The molecular formula is C13H23N3O3. The molecule has 0 aromatic carbocycles. The average molecular weight is 269 g/mol. The quantitative estimate of drug-likeness (QED) is 0.689. The molecule has 1 saturated carbocycles. The van der Waals surface area contributed by atoms with Gasteiger partial charge in [-0.05, 0) is 25.7 Å². The molecule has 1 aliphatic carbocycles. The van der Waals surface area contributed by atoms with Gasteiger partial charge in [0.1, 0.15) is 0 Å². The Hall–Kier alpha value is -1.30. The van der Waals surface area contributed by atoms with Crippen molar-refractivity contribution in [1.82, 2.24) is 10.2 Å². The highest BCUT2D eigenvalue weighted by Gasteiger charge is 2.30. The van der Waals surface area contributed by atoms with Gasteiger partial charge in [-0.3, -0.25) is 4.79 Å². The van der Waals surface area contributed by atoms with Crippen LogP contribution in [0.15, 0.2) is 0 Å². The van der Waals surface area contributed by atoms with E-state index in [1.54, 1.807) is 4.90 Å². The van der Waals surface area contributed by atoms with Gasteiger partial charge in [0.05, 0.1) is 5.92 Å². The highest BCUT2D eigenvalue weighted by Crippen LogP contribution is 2.19. The van der Waals surface area contributed by atoms with Gasteiger partial charge in [-0.15, -0.1) is 0 Å². The molecule has 2 amide bonds. The summed E-state index contributed by atoms with van der Waals surface area (Å²) in [6.07, 6.45) is 5.49. The van der Waals surface area contributed by atoms with Gasteiger partial charge in [-0.2, -0.15) is 0 Å². The Labute approximate surface area is 113 Å². The molecule has 6 heteroatoms. The predicted octanol–water partition coefficient (Wildman–Crippen LogP) is 0.762. The van der Waals surface area contributed by atoms with E-state index in [1.807, 2.05) is 0 Å². The molecule has 6 nitrogen and oxygen atoms in total. The molecule has 1 saturated heterocycles. The maximum absolute atomic E-state index is 12.1. The molecule has 4 N–H and O–H groups in total. The monoisotopic (exact) mass is 269 g/mol. The van der Waals surface area contributed by atoms with Crippen molar-refractivity contribution in [2.24, 2.45) is 11.7 Å². The summed E-state index contributed by atoms with van der Waals surface area (Å²) in [5.74, 6) is -1.24. The number of piperidine rings is 1. The summed E-state index contributed by atoms with van der Waals surface area (Å²) >= 11 is 0. The van der Waals surface area contributed by atoms with Crippen LogP contribution in [0, 0.1) is 5.92 Å². The van der Waals surface area contributed by atoms with E-state index in [1.165, 1.54) is 0 Å². The Morgan fingerprint density at radius 1 is 1.16 bits per heavy atom. The summed E-state index contributed by atoms with van der Waals surface area (Å²) in [4.78, 5) is 24.7. The molecule has 2 aliphatic rings. The summed E-state index contributed by atoms with van der Waals surface area (Å²) in [7, 11) is 0. The number of carboxylic acid groups (broad SMARTS) is 1. The van der Waals surface area contributed by atoms with E-state index in [0.29, 0.717) is 19.5 Å². The highest BCUT2D eigenvalue weighted by atomic mass is 16.4. The largest absolute Gasteiger partial charge is 0.481 e. The average Bonchev–Trinajstić information content (AvgIpc) is 2.41. The lowest BCUT2D eigenvalue weighted by atomic mass is 9.91. The number of carbonyl (C=O) groups excluding carboxylic acids is 1. The standard InChI is InChI=1S/C13H23N3O3/c14-10-5-1-2-6-11(10)15-13(19)16-7-3-4-9(8-16)12(17)18/h9-11H,1-8,14H2,(H,15,19)(H,17,18)/t9-,10?,11?/m1/s1. The molecule has 0 radical (unpaired) electrons. The molecule has 0 spiro atoms.